The van der Waals surface area contributed by atoms with E-state index >= 15 is 0 Å². The molecule has 16 heavy (non-hydrogen) atoms. The van der Waals surface area contributed by atoms with Crippen molar-refractivity contribution in [3.05, 3.63) is 23.8 Å². The van der Waals surface area contributed by atoms with Crippen LogP contribution in [-0.4, -0.2) is 40.4 Å². The lowest BCUT2D eigenvalue weighted by Gasteiger charge is -2.12. The summed E-state index contributed by atoms with van der Waals surface area (Å²) in [4.78, 5) is 11.1. The maximum Gasteiger partial charge on any atom is 0.159 e. The van der Waals surface area contributed by atoms with E-state index in [2.05, 4.69) is 5.32 Å². The average Bonchev–Trinajstić information content (AvgIpc) is 2.27. The number of hydrogen-bond acceptors (Lipinski definition) is 5. The van der Waals surface area contributed by atoms with Gasteiger partial charge in [0.2, 0.25) is 0 Å². The van der Waals surface area contributed by atoms with Gasteiger partial charge in [0.25, 0.3) is 0 Å². The van der Waals surface area contributed by atoms with Gasteiger partial charge in [0.1, 0.15) is 5.75 Å². The highest BCUT2D eigenvalue weighted by molar-refractivity contribution is 5.95. The molecule has 5 nitrogen and oxygen atoms in total. The van der Waals surface area contributed by atoms with Gasteiger partial charge in [-0.3, -0.25) is 4.79 Å². The summed E-state index contributed by atoms with van der Waals surface area (Å²) in [5, 5.41) is 30.0. The lowest BCUT2D eigenvalue weighted by atomic mass is 10.1. The molecule has 1 aromatic carbocycles. The number of aromatic hydroxyl groups is 1. The van der Waals surface area contributed by atoms with Gasteiger partial charge in [0, 0.05) is 12.1 Å². The molecule has 0 saturated carbocycles. The monoisotopic (exact) mass is 225 g/mol. The molecule has 0 radical (unpaired) electrons. The fourth-order valence-electron chi connectivity index (χ4n) is 1.19. The molecule has 1 aromatic rings. The molecule has 0 aliphatic rings. The molecule has 0 bridgehead atoms. The van der Waals surface area contributed by atoms with Crippen LogP contribution in [0.3, 0.4) is 0 Å². The number of carbonyl (C=O) groups excluding carboxylic acids is 1. The summed E-state index contributed by atoms with van der Waals surface area (Å²) in [6.07, 6.45) is -0.902. The third-order valence-electron chi connectivity index (χ3n) is 2.14. The number of benzene rings is 1. The van der Waals surface area contributed by atoms with Crippen molar-refractivity contribution < 1.29 is 20.1 Å². The number of nitrogens with one attached hydrogen (secondary N) is 1. The Morgan fingerprint density at radius 1 is 1.50 bits per heavy atom. The van der Waals surface area contributed by atoms with E-state index in [-0.39, 0.29) is 24.7 Å². The van der Waals surface area contributed by atoms with Crippen LogP contribution >= 0.6 is 0 Å². The Bertz CT molecular complexity index is 378. The van der Waals surface area contributed by atoms with Crippen LogP contribution in [0.4, 0.5) is 5.69 Å². The molecule has 1 unspecified atom stereocenters. The molecule has 0 heterocycles. The van der Waals surface area contributed by atoms with E-state index in [1.807, 2.05) is 0 Å². The Morgan fingerprint density at radius 3 is 2.75 bits per heavy atom. The second kappa shape index (κ2) is 5.48. The summed E-state index contributed by atoms with van der Waals surface area (Å²) in [6, 6.07) is 4.43. The van der Waals surface area contributed by atoms with E-state index in [1.54, 1.807) is 0 Å². The Hall–Kier alpha value is -1.59. The van der Waals surface area contributed by atoms with Crippen LogP contribution in [0.25, 0.3) is 0 Å². The molecule has 0 aliphatic heterocycles. The summed E-state index contributed by atoms with van der Waals surface area (Å²) < 4.78 is 0. The van der Waals surface area contributed by atoms with Crippen molar-refractivity contribution >= 4 is 11.5 Å². The number of carbonyl (C=O) groups is 1. The molecule has 0 amide bonds. The molecule has 88 valence electrons. The Labute approximate surface area is 93.4 Å². The Morgan fingerprint density at radius 2 is 2.19 bits per heavy atom. The van der Waals surface area contributed by atoms with E-state index in [4.69, 9.17) is 10.2 Å². The van der Waals surface area contributed by atoms with Crippen LogP contribution in [0.5, 0.6) is 5.75 Å². The topological polar surface area (TPSA) is 89.8 Å². The third-order valence-corrected chi connectivity index (χ3v) is 2.14. The minimum Gasteiger partial charge on any atom is -0.506 e. The number of phenolic OH excluding ortho intramolecular Hbond substituents is 1. The van der Waals surface area contributed by atoms with E-state index in [1.165, 1.54) is 25.1 Å². The van der Waals surface area contributed by atoms with Gasteiger partial charge >= 0.3 is 0 Å². The molecular weight excluding hydrogens is 210 g/mol. The first-order chi connectivity index (χ1) is 7.54. The zero-order valence-electron chi connectivity index (χ0n) is 8.97. The highest BCUT2D eigenvalue weighted by atomic mass is 16.3. The van der Waals surface area contributed by atoms with Crippen molar-refractivity contribution in [2.75, 3.05) is 18.5 Å². The standard InChI is InChI=1S/C11H15NO4/c1-7(14)8-2-3-11(16)10(4-8)12-5-9(15)6-13/h2-4,9,12-13,15-16H,5-6H2,1H3. The maximum atomic E-state index is 11.1. The lowest BCUT2D eigenvalue weighted by Crippen LogP contribution is -2.23. The largest absolute Gasteiger partial charge is 0.506 e. The lowest BCUT2D eigenvalue weighted by molar-refractivity contribution is 0.101. The molecule has 0 saturated heterocycles. The second-order valence-electron chi connectivity index (χ2n) is 3.51. The van der Waals surface area contributed by atoms with E-state index in [0.717, 1.165) is 0 Å². The number of aliphatic hydroxyl groups excluding tert-OH is 2. The van der Waals surface area contributed by atoms with Gasteiger partial charge in [-0.1, -0.05) is 0 Å². The molecule has 1 rings (SSSR count). The zero-order valence-corrected chi connectivity index (χ0v) is 8.97. The van der Waals surface area contributed by atoms with Crippen molar-refractivity contribution in [3.8, 4) is 5.75 Å². The smallest absolute Gasteiger partial charge is 0.159 e. The normalized spacial score (nSPS) is 12.2. The zero-order chi connectivity index (χ0) is 12.1. The van der Waals surface area contributed by atoms with Gasteiger partial charge in [-0.05, 0) is 25.1 Å². The molecule has 4 N–H and O–H groups in total. The SMILES string of the molecule is CC(=O)c1ccc(O)c(NCC(O)CO)c1. The quantitative estimate of drug-likeness (QED) is 0.429. The first-order valence-electron chi connectivity index (χ1n) is 4.91. The third kappa shape index (κ3) is 3.22. The van der Waals surface area contributed by atoms with E-state index < -0.39 is 6.10 Å². The fourth-order valence-corrected chi connectivity index (χ4v) is 1.19. The molecule has 0 aliphatic carbocycles. The number of Topliss-reactive ketones (excluding diaryl/α,β-unsaturated/α-hetero) is 1. The number of ketones is 1. The number of rotatable bonds is 5. The summed E-state index contributed by atoms with van der Waals surface area (Å²) in [7, 11) is 0. The van der Waals surface area contributed by atoms with E-state index in [9.17, 15) is 9.90 Å². The number of anilines is 1. The Kier molecular flexibility index (Phi) is 4.28. The van der Waals surface area contributed by atoms with Crippen molar-refractivity contribution in [1.29, 1.82) is 0 Å². The van der Waals surface area contributed by atoms with Gasteiger partial charge in [-0.25, -0.2) is 0 Å². The summed E-state index contributed by atoms with van der Waals surface area (Å²) >= 11 is 0. The van der Waals surface area contributed by atoms with Crippen LogP contribution in [0.15, 0.2) is 18.2 Å². The second-order valence-corrected chi connectivity index (χ2v) is 3.51. The molecule has 0 aromatic heterocycles. The maximum absolute atomic E-state index is 11.1. The molecule has 0 fully saturated rings. The van der Waals surface area contributed by atoms with Crippen molar-refractivity contribution in [1.82, 2.24) is 0 Å². The molecule has 1 atom stereocenters. The van der Waals surface area contributed by atoms with Crippen LogP contribution in [0, 0.1) is 0 Å². The number of phenols is 1. The Balaban J connectivity index is 2.78. The summed E-state index contributed by atoms with van der Waals surface area (Å²) in [6.45, 7) is 1.17. The minimum absolute atomic E-state index is 0.00450. The van der Waals surface area contributed by atoms with Crippen molar-refractivity contribution in [2.45, 2.75) is 13.0 Å². The van der Waals surface area contributed by atoms with Crippen LogP contribution in [-0.2, 0) is 0 Å². The van der Waals surface area contributed by atoms with Crippen LogP contribution in [0.1, 0.15) is 17.3 Å². The van der Waals surface area contributed by atoms with Crippen molar-refractivity contribution in [3.63, 3.8) is 0 Å². The highest BCUT2D eigenvalue weighted by Gasteiger charge is 2.07. The predicted octanol–water partition coefficient (Wildman–Crippen LogP) is 0.360. The fraction of sp³-hybridized carbons (Fsp3) is 0.364. The molecule has 0 spiro atoms. The minimum atomic E-state index is -0.902. The summed E-state index contributed by atoms with van der Waals surface area (Å²) in [5.41, 5.74) is 0.832. The van der Waals surface area contributed by atoms with Gasteiger partial charge in [-0.15, -0.1) is 0 Å². The van der Waals surface area contributed by atoms with Gasteiger partial charge in [-0.2, -0.15) is 0 Å². The molecular formula is C11H15NO4. The highest BCUT2D eigenvalue weighted by Crippen LogP contribution is 2.24. The first kappa shape index (κ1) is 12.5. The first-order valence-corrected chi connectivity index (χ1v) is 4.91. The average molecular weight is 225 g/mol. The van der Waals surface area contributed by atoms with Crippen LogP contribution in [0.2, 0.25) is 0 Å². The van der Waals surface area contributed by atoms with Gasteiger partial charge < -0.3 is 20.6 Å². The number of aliphatic hydroxyl groups is 2. The van der Waals surface area contributed by atoms with Gasteiger partial charge in [0.05, 0.1) is 18.4 Å². The van der Waals surface area contributed by atoms with Crippen molar-refractivity contribution in [2.24, 2.45) is 0 Å². The predicted molar refractivity (Wildman–Crippen MR) is 59.7 cm³/mol. The van der Waals surface area contributed by atoms with Crippen LogP contribution < -0.4 is 5.32 Å². The van der Waals surface area contributed by atoms with E-state index in [0.29, 0.717) is 11.3 Å². The summed E-state index contributed by atoms with van der Waals surface area (Å²) in [5.74, 6) is -0.110. The number of hydrogen-bond donors (Lipinski definition) is 4. The van der Waals surface area contributed by atoms with Gasteiger partial charge in [0.15, 0.2) is 5.78 Å². The molecule has 5 heteroatoms.